The Labute approximate surface area is 202 Å². The number of halogens is 1. The first kappa shape index (κ1) is 23.9. The summed E-state index contributed by atoms with van der Waals surface area (Å²) in [6, 6.07) is 9.88. The minimum Gasteiger partial charge on any atom is -0.480 e. The molecule has 1 aliphatic rings. The van der Waals surface area contributed by atoms with Crippen molar-refractivity contribution in [3.63, 3.8) is 0 Å². The lowest BCUT2D eigenvalue weighted by Gasteiger charge is -2.12. The second kappa shape index (κ2) is 10.8. The third-order valence-electron chi connectivity index (χ3n) is 5.91. The lowest BCUT2D eigenvalue weighted by atomic mass is 9.97. The zero-order valence-corrected chi connectivity index (χ0v) is 19.9. The molecule has 2 heterocycles. The molecule has 1 aliphatic carbocycles. The van der Waals surface area contributed by atoms with E-state index in [0.717, 1.165) is 64.9 Å². The molecule has 8 nitrogen and oxygen atoms in total. The van der Waals surface area contributed by atoms with E-state index in [1.54, 1.807) is 0 Å². The van der Waals surface area contributed by atoms with Crippen LogP contribution in [0, 0.1) is 0 Å². The Morgan fingerprint density at radius 1 is 1.26 bits per heavy atom. The van der Waals surface area contributed by atoms with Gasteiger partial charge in [-0.2, -0.15) is 4.80 Å². The molecule has 9 heteroatoms. The molecule has 0 aliphatic heterocycles. The van der Waals surface area contributed by atoms with Crippen molar-refractivity contribution in [3.8, 4) is 0 Å². The number of nitrogens with zero attached hydrogens (tertiary/aromatic N) is 4. The molecule has 0 unspecified atom stereocenters. The summed E-state index contributed by atoms with van der Waals surface area (Å²) in [6.07, 6.45) is 8.50. The van der Waals surface area contributed by atoms with Gasteiger partial charge in [-0.15, -0.1) is 10.2 Å². The molecule has 0 bridgehead atoms. The number of allylic oxidation sites excluding steroid dienone is 1. The van der Waals surface area contributed by atoms with Crippen LogP contribution in [0.15, 0.2) is 41.2 Å². The second-order valence-electron chi connectivity index (χ2n) is 8.63. The first-order chi connectivity index (χ1) is 16.4. The molecule has 3 aromatic rings. The zero-order valence-electron chi connectivity index (χ0n) is 19.1. The first-order valence-electron chi connectivity index (χ1n) is 11.7. The highest BCUT2D eigenvalue weighted by Gasteiger charge is 2.26. The van der Waals surface area contributed by atoms with E-state index in [4.69, 9.17) is 16.7 Å². The van der Waals surface area contributed by atoms with Gasteiger partial charge < -0.3 is 10.1 Å². The Balaban J connectivity index is 1.53. The lowest BCUT2D eigenvalue weighted by Crippen LogP contribution is -2.13. The molecule has 2 N–H and O–H groups in total. The Hall–Kier alpha value is -3.26. The number of aryl methyl sites for hydroxylation is 2. The average Bonchev–Trinajstić information content (AvgIpc) is 3.55. The normalized spacial score (nSPS) is 13.9. The molecule has 178 valence electrons. The van der Waals surface area contributed by atoms with Crippen LogP contribution in [0.2, 0.25) is 5.02 Å². The number of nitrogens with one attached hydrogen (secondary N) is 1. The summed E-state index contributed by atoms with van der Waals surface area (Å²) in [6.45, 7) is 1.83. The Kier molecular flexibility index (Phi) is 7.57. The fourth-order valence-electron chi connectivity index (χ4n) is 3.92. The number of carbonyl (C=O) groups is 1. The first-order valence-corrected chi connectivity index (χ1v) is 12.0. The SMILES string of the molecule is CCCC/C=C(\c1ccc(CCc2nnn(CC(=O)O)n2)c(Cl)c1)c1ccc(C2CC2)c(=O)[nH]1. The highest BCUT2D eigenvalue weighted by atomic mass is 35.5. The van der Waals surface area contributed by atoms with Crippen LogP contribution in [0.1, 0.15) is 73.2 Å². The van der Waals surface area contributed by atoms with Gasteiger partial charge in [0.2, 0.25) is 0 Å². The number of hydrogen-bond donors (Lipinski definition) is 2. The summed E-state index contributed by atoms with van der Waals surface area (Å²) in [5, 5.41) is 21.2. The van der Waals surface area contributed by atoms with Crippen LogP contribution in [0.3, 0.4) is 0 Å². The van der Waals surface area contributed by atoms with Gasteiger partial charge in [-0.3, -0.25) is 9.59 Å². The number of unbranched alkanes of at least 4 members (excludes halogenated alkanes) is 2. The molecule has 0 spiro atoms. The van der Waals surface area contributed by atoms with E-state index in [1.807, 2.05) is 30.3 Å². The maximum atomic E-state index is 12.6. The van der Waals surface area contributed by atoms with E-state index in [2.05, 4.69) is 33.4 Å². The summed E-state index contributed by atoms with van der Waals surface area (Å²) in [7, 11) is 0. The fraction of sp³-hybridized carbons (Fsp3) is 0.400. The van der Waals surface area contributed by atoms with E-state index in [9.17, 15) is 9.59 Å². The van der Waals surface area contributed by atoms with Crippen LogP contribution in [-0.2, 0) is 24.2 Å². The van der Waals surface area contributed by atoms with E-state index in [0.29, 0.717) is 29.6 Å². The summed E-state index contributed by atoms with van der Waals surface area (Å²) >= 11 is 6.63. The number of aromatic nitrogens is 5. The zero-order chi connectivity index (χ0) is 24.1. The highest BCUT2D eigenvalue weighted by Crippen LogP contribution is 2.38. The van der Waals surface area contributed by atoms with Gasteiger partial charge in [-0.1, -0.05) is 55.6 Å². The second-order valence-corrected chi connectivity index (χ2v) is 9.03. The molecule has 2 aromatic heterocycles. The molecule has 1 aromatic carbocycles. The number of hydrogen-bond acceptors (Lipinski definition) is 5. The number of carboxylic acids is 1. The van der Waals surface area contributed by atoms with Gasteiger partial charge >= 0.3 is 5.97 Å². The maximum Gasteiger partial charge on any atom is 0.327 e. The molecule has 0 amide bonds. The minimum atomic E-state index is -1.02. The Morgan fingerprint density at radius 2 is 2.09 bits per heavy atom. The maximum absolute atomic E-state index is 12.6. The largest absolute Gasteiger partial charge is 0.480 e. The number of tetrazole rings is 1. The van der Waals surface area contributed by atoms with E-state index < -0.39 is 5.97 Å². The minimum absolute atomic E-state index is 0.00690. The van der Waals surface area contributed by atoms with E-state index in [1.165, 1.54) is 0 Å². The standard InChI is InChI=1S/C25H28ClN5O3/c1-2-3-4-5-19(22-12-11-20(16-6-7-16)25(34)27-22)18-9-8-17(21(26)14-18)10-13-23-28-30-31(29-23)15-24(32)33/h5,8-9,11-12,14,16H,2-4,6-7,10,13,15H2,1H3,(H,27,34)(H,32,33)/b19-5+. The van der Waals surface area contributed by atoms with Crippen LogP contribution in [0.25, 0.3) is 5.57 Å². The Morgan fingerprint density at radius 3 is 2.76 bits per heavy atom. The third-order valence-corrected chi connectivity index (χ3v) is 6.26. The van der Waals surface area contributed by atoms with Crippen molar-refractivity contribution in [2.24, 2.45) is 0 Å². The number of H-pyrrole nitrogens is 1. The number of rotatable bonds is 11. The van der Waals surface area contributed by atoms with Crippen LogP contribution in [0.4, 0.5) is 0 Å². The van der Waals surface area contributed by atoms with Crippen molar-refractivity contribution in [1.82, 2.24) is 25.2 Å². The smallest absolute Gasteiger partial charge is 0.327 e. The van der Waals surface area contributed by atoms with Crippen molar-refractivity contribution in [2.75, 3.05) is 0 Å². The van der Waals surface area contributed by atoms with Crippen molar-refractivity contribution < 1.29 is 9.90 Å². The average molecular weight is 482 g/mol. The Bertz CT molecular complexity index is 1260. The monoisotopic (exact) mass is 481 g/mol. The van der Waals surface area contributed by atoms with Crippen LogP contribution >= 0.6 is 11.6 Å². The van der Waals surface area contributed by atoms with Gasteiger partial charge in [0.25, 0.3) is 5.56 Å². The quantitative estimate of drug-likeness (QED) is 0.393. The lowest BCUT2D eigenvalue weighted by molar-refractivity contribution is -0.138. The van der Waals surface area contributed by atoms with Gasteiger partial charge in [0, 0.05) is 28.3 Å². The fourth-order valence-corrected chi connectivity index (χ4v) is 4.20. The van der Waals surface area contributed by atoms with Crippen LogP contribution < -0.4 is 5.56 Å². The van der Waals surface area contributed by atoms with Crippen molar-refractivity contribution >= 4 is 23.1 Å². The predicted molar refractivity (Wildman–Crippen MR) is 130 cm³/mol. The van der Waals surface area contributed by atoms with E-state index in [-0.39, 0.29) is 12.1 Å². The molecule has 0 saturated heterocycles. The number of pyridine rings is 1. The summed E-state index contributed by atoms with van der Waals surface area (Å²) in [5.41, 5.74) is 4.52. The van der Waals surface area contributed by atoms with Gasteiger partial charge in [-0.05, 0) is 60.1 Å². The molecule has 1 fully saturated rings. The molecule has 4 rings (SSSR count). The van der Waals surface area contributed by atoms with E-state index >= 15 is 0 Å². The van der Waals surface area contributed by atoms with Gasteiger partial charge in [-0.25, -0.2) is 0 Å². The summed E-state index contributed by atoms with van der Waals surface area (Å²) in [5.74, 6) is -0.150. The molecular weight excluding hydrogens is 454 g/mol. The van der Waals surface area contributed by atoms with Gasteiger partial charge in [0.05, 0.1) is 0 Å². The molecule has 0 radical (unpaired) electrons. The van der Waals surface area contributed by atoms with Crippen molar-refractivity contribution in [3.05, 3.63) is 80.0 Å². The molecule has 0 atom stereocenters. The van der Waals surface area contributed by atoms with Crippen molar-refractivity contribution in [1.29, 1.82) is 0 Å². The number of aromatic amines is 1. The predicted octanol–water partition coefficient (Wildman–Crippen LogP) is 4.38. The highest BCUT2D eigenvalue weighted by molar-refractivity contribution is 6.31. The summed E-state index contributed by atoms with van der Waals surface area (Å²) < 4.78 is 0. The van der Waals surface area contributed by atoms with Crippen LogP contribution in [0.5, 0.6) is 0 Å². The van der Waals surface area contributed by atoms with Gasteiger partial charge in [0.15, 0.2) is 12.4 Å². The molecule has 34 heavy (non-hydrogen) atoms. The molecule has 1 saturated carbocycles. The third kappa shape index (κ3) is 5.99. The van der Waals surface area contributed by atoms with Crippen molar-refractivity contribution in [2.45, 2.75) is 64.3 Å². The summed E-state index contributed by atoms with van der Waals surface area (Å²) in [4.78, 5) is 27.5. The number of aliphatic carboxylic acids is 1. The van der Waals surface area contributed by atoms with Crippen LogP contribution in [-0.4, -0.2) is 36.3 Å². The topological polar surface area (TPSA) is 114 Å². The number of carboxylic acid groups (broad SMARTS) is 1. The van der Waals surface area contributed by atoms with Gasteiger partial charge in [0.1, 0.15) is 0 Å². The number of benzene rings is 1. The molecular formula is C25H28ClN5O3.